The lowest BCUT2D eigenvalue weighted by atomic mass is 10.2. The number of carbonyl (C=O) groups excluding carboxylic acids is 1. The molecule has 0 saturated heterocycles. The van der Waals surface area contributed by atoms with Crippen LogP contribution in [-0.2, 0) is 9.53 Å². The van der Waals surface area contributed by atoms with Gasteiger partial charge in [-0.15, -0.1) is 0 Å². The van der Waals surface area contributed by atoms with Crippen LogP contribution in [0.1, 0.15) is 33.1 Å². The number of carbonyl (C=O) groups is 1. The van der Waals surface area contributed by atoms with Crippen molar-refractivity contribution in [1.82, 2.24) is 0 Å². The predicted octanol–water partition coefficient (Wildman–Crippen LogP) is 0.428. The molecular weight excluding hydrogens is 170 g/mol. The van der Waals surface area contributed by atoms with Crippen LogP contribution in [-0.4, -0.2) is 29.8 Å². The van der Waals surface area contributed by atoms with Crippen molar-refractivity contribution in [1.29, 1.82) is 0 Å². The van der Waals surface area contributed by atoms with Crippen LogP contribution in [0.3, 0.4) is 0 Å². The number of ether oxygens (including phenoxy) is 1. The lowest BCUT2D eigenvalue weighted by Gasteiger charge is -2.15. The number of hydrogen-bond donors (Lipinski definition) is 2. The van der Waals surface area contributed by atoms with Gasteiger partial charge in [0.15, 0.2) is 0 Å². The molecule has 0 aromatic carbocycles. The van der Waals surface area contributed by atoms with Gasteiger partial charge in [0.1, 0.15) is 6.04 Å². The summed E-state index contributed by atoms with van der Waals surface area (Å²) >= 11 is 0. The number of aliphatic hydroxyl groups is 1. The first-order valence-electron chi connectivity index (χ1n) is 4.68. The van der Waals surface area contributed by atoms with E-state index >= 15 is 0 Å². The summed E-state index contributed by atoms with van der Waals surface area (Å²) in [4.78, 5) is 11.2. The molecule has 0 amide bonds. The Morgan fingerprint density at radius 2 is 2.15 bits per heavy atom. The first-order chi connectivity index (χ1) is 6.11. The lowest BCUT2D eigenvalue weighted by molar-refractivity contribution is -0.150. The SMILES string of the molecule is CCCC(C)OC(=O)[C@H](N)CCO. The van der Waals surface area contributed by atoms with E-state index < -0.39 is 12.0 Å². The molecule has 3 N–H and O–H groups in total. The largest absolute Gasteiger partial charge is 0.462 e. The standard InChI is InChI=1S/C9H19NO3/c1-3-4-7(2)13-9(12)8(10)5-6-11/h7-8,11H,3-6,10H2,1-2H3/t7?,8-/m1/s1. The van der Waals surface area contributed by atoms with Gasteiger partial charge in [0.05, 0.1) is 6.10 Å². The second kappa shape index (κ2) is 6.86. The van der Waals surface area contributed by atoms with E-state index in [-0.39, 0.29) is 19.1 Å². The highest BCUT2D eigenvalue weighted by Gasteiger charge is 2.16. The van der Waals surface area contributed by atoms with Gasteiger partial charge >= 0.3 is 5.97 Å². The molecule has 0 saturated carbocycles. The summed E-state index contributed by atoms with van der Waals surface area (Å²) in [5.41, 5.74) is 5.44. The van der Waals surface area contributed by atoms with Gasteiger partial charge in [-0.05, 0) is 19.8 Å². The fourth-order valence-corrected chi connectivity index (χ4v) is 1.01. The normalized spacial score (nSPS) is 15.1. The van der Waals surface area contributed by atoms with Gasteiger partial charge < -0.3 is 15.6 Å². The van der Waals surface area contributed by atoms with Crippen LogP contribution in [0, 0.1) is 0 Å². The van der Waals surface area contributed by atoms with Crippen LogP contribution in [0.4, 0.5) is 0 Å². The van der Waals surface area contributed by atoms with E-state index in [1.165, 1.54) is 0 Å². The van der Waals surface area contributed by atoms with E-state index in [0.29, 0.717) is 0 Å². The highest BCUT2D eigenvalue weighted by molar-refractivity contribution is 5.75. The van der Waals surface area contributed by atoms with Gasteiger partial charge in [-0.3, -0.25) is 4.79 Å². The molecule has 0 fully saturated rings. The topological polar surface area (TPSA) is 72.5 Å². The number of rotatable bonds is 6. The minimum absolute atomic E-state index is 0.0813. The number of hydrogen-bond acceptors (Lipinski definition) is 4. The second-order valence-electron chi connectivity index (χ2n) is 3.15. The van der Waals surface area contributed by atoms with Crippen LogP contribution in [0.2, 0.25) is 0 Å². The summed E-state index contributed by atoms with van der Waals surface area (Å²) in [7, 11) is 0. The molecule has 0 aromatic heterocycles. The van der Waals surface area contributed by atoms with E-state index in [9.17, 15) is 4.79 Å². The first-order valence-corrected chi connectivity index (χ1v) is 4.68. The van der Waals surface area contributed by atoms with Gasteiger partial charge in [0.2, 0.25) is 0 Å². The molecule has 0 rings (SSSR count). The third-order valence-electron chi connectivity index (χ3n) is 1.76. The third kappa shape index (κ3) is 5.60. The van der Waals surface area contributed by atoms with Crippen LogP contribution in [0.5, 0.6) is 0 Å². The molecule has 0 radical (unpaired) electrons. The monoisotopic (exact) mass is 189 g/mol. The Morgan fingerprint density at radius 3 is 2.62 bits per heavy atom. The molecule has 0 bridgehead atoms. The number of nitrogens with two attached hydrogens (primary N) is 1. The van der Waals surface area contributed by atoms with Crippen LogP contribution < -0.4 is 5.73 Å². The lowest BCUT2D eigenvalue weighted by Crippen LogP contribution is -2.35. The zero-order valence-electron chi connectivity index (χ0n) is 8.32. The summed E-state index contributed by atoms with van der Waals surface area (Å²) in [6.45, 7) is 3.78. The number of esters is 1. The maximum atomic E-state index is 11.2. The summed E-state index contributed by atoms with van der Waals surface area (Å²) in [6, 6.07) is -0.690. The van der Waals surface area contributed by atoms with Crippen molar-refractivity contribution in [2.75, 3.05) is 6.61 Å². The van der Waals surface area contributed by atoms with Crippen molar-refractivity contribution in [3.05, 3.63) is 0 Å². The van der Waals surface area contributed by atoms with Gasteiger partial charge in [-0.25, -0.2) is 0 Å². The van der Waals surface area contributed by atoms with Crippen molar-refractivity contribution >= 4 is 5.97 Å². The van der Waals surface area contributed by atoms with Crippen LogP contribution >= 0.6 is 0 Å². The van der Waals surface area contributed by atoms with Crippen molar-refractivity contribution in [2.45, 2.75) is 45.3 Å². The molecule has 0 spiro atoms. The molecular formula is C9H19NO3. The Balaban J connectivity index is 3.71. The molecule has 0 heterocycles. The Bertz CT molecular complexity index is 150. The zero-order chi connectivity index (χ0) is 10.3. The van der Waals surface area contributed by atoms with E-state index in [0.717, 1.165) is 12.8 Å². The van der Waals surface area contributed by atoms with Crippen molar-refractivity contribution in [3.8, 4) is 0 Å². The molecule has 0 aromatic rings. The average molecular weight is 189 g/mol. The molecule has 4 heteroatoms. The molecule has 1 unspecified atom stereocenters. The van der Waals surface area contributed by atoms with Gasteiger partial charge in [0, 0.05) is 6.61 Å². The maximum Gasteiger partial charge on any atom is 0.323 e. The molecule has 0 aliphatic rings. The van der Waals surface area contributed by atoms with E-state index in [4.69, 9.17) is 15.6 Å². The first kappa shape index (κ1) is 12.4. The van der Waals surface area contributed by atoms with Gasteiger partial charge in [0.25, 0.3) is 0 Å². The van der Waals surface area contributed by atoms with Gasteiger partial charge in [-0.1, -0.05) is 13.3 Å². The van der Waals surface area contributed by atoms with E-state index in [2.05, 4.69) is 0 Å². The predicted molar refractivity (Wildman–Crippen MR) is 50.1 cm³/mol. The smallest absolute Gasteiger partial charge is 0.323 e. The van der Waals surface area contributed by atoms with Crippen molar-refractivity contribution in [3.63, 3.8) is 0 Å². The third-order valence-corrected chi connectivity index (χ3v) is 1.76. The Morgan fingerprint density at radius 1 is 1.54 bits per heavy atom. The molecule has 4 nitrogen and oxygen atoms in total. The molecule has 0 aliphatic heterocycles. The second-order valence-corrected chi connectivity index (χ2v) is 3.15. The summed E-state index contributed by atoms with van der Waals surface area (Å²) < 4.78 is 5.03. The molecule has 13 heavy (non-hydrogen) atoms. The maximum absolute atomic E-state index is 11.2. The van der Waals surface area contributed by atoms with Crippen LogP contribution in [0.15, 0.2) is 0 Å². The molecule has 78 valence electrons. The molecule has 0 aliphatic carbocycles. The van der Waals surface area contributed by atoms with E-state index in [1.54, 1.807) is 0 Å². The van der Waals surface area contributed by atoms with Crippen molar-refractivity contribution < 1.29 is 14.6 Å². The highest BCUT2D eigenvalue weighted by Crippen LogP contribution is 2.03. The summed E-state index contributed by atoms with van der Waals surface area (Å²) in [5.74, 6) is -0.421. The quantitative estimate of drug-likeness (QED) is 0.594. The van der Waals surface area contributed by atoms with E-state index in [1.807, 2.05) is 13.8 Å². The van der Waals surface area contributed by atoms with Crippen molar-refractivity contribution in [2.24, 2.45) is 5.73 Å². The van der Waals surface area contributed by atoms with Gasteiger partial charge in [-0.2, -0.15) is 0 Å². The highest BCUT2D eigenvalue weighted by atomic mass is 16.5. The van der Waals surface area contributed by atoms with Crippen LogP contribution in [0.25, 0.3) is 0 Å². The minimum atomic E-state index is -0.690. The Kier molecular flexibility index (Phi) is 6.54. The average Bonchev–Trinajstić information content (AvgIpc) is 2.05. The zero-order valence-corrected chi connectivity index (χ0v) is 8.32. The molecule has 2 atom stereocenters. The summed E-state index contributed by atoms with van der Waals surface area (Å²) in [5, 5.41) is 8.54. The number of aliphatic hydroxyl groups excluding tert-OH is 1. The fourth-order valence-electron chi connectivity index (χ4n) is 1.01. The Labute approximate surface area is 79.1 Å². The summed E-state index contributed by atoms with van der Waals surface area (Å²) in [6.07, 6.45) is 2.00. The Hall–Kier alpha value is -0.610. The fraction of sp³-hybridized carbons (Fsp3) is 0.889. The minimum Gasteiger partial charge on any atom is -0.462 e.